The van der Waals surface area contributed by atoms with Crippen molar-refractivity contribution in [2.24, 2.45) is 0 Å². The molecule has 2 aromatic heterocycles. The van der Waals surface area contributed by atoms with Gasteiger partial charge in [-0.05, 0) is 130 Å². The Morgan fingerprint density at radius 3 is 2.10 bits per heavy atom. The molecule has 0 aliphatic carbocycles. The first-order valence-electron chi connectivity index (χ1n) is 23.7. The maximum atomic E-state index is 15.1. The first-order valence-corrected chi connectivity index (χ1v) is 25.7. The second kappa shape index (κ2) is 24.8. The molecule has 0 unspecified atom stereocenters. The number of unbranched alkanes of at least 4 members (excludes halogenated alkanes) is 1. The lowest BCUT2D eigenvalue weighted by Gasteiger charge is -2.32. The highest BCUT2D eigenvalue weighted by Crippen LogP contribution is 2.40. The number of hydrogen-bond donors (Lipinski definition) is 5. The average Bonchev–Trinajstić information content (AvgIpc) is 3.64. The predicted molar refractivity (Wildman–Crippen MR) is 277 cm³/mol. The molecule has 17 nitrogen and oxygen atoms in total. The number of carbonyl (C=O) groups excluding carboxylic acids is 6. The van der Waals surface area contributed by atoms with Crippen molar-refractivity contribution < 1.29 is 43.0 Å². The molecule has 2 aromatic carbocycles. The second-order valence-corrected chi connectivity index (χ2v) is 22.6. The van der Waals surface area contributed by atoms with Crippen LogP contribution in [-0.2, 0) is 48.1 Å². The molecule has 1 aliphatic rings. The highest BCUT2D eigenvalue weighted by Gasteiger charge is 2.35. The van der Waals surface area contributed by atoms with E-state index in [0.717, 1.165) is 5.56 Å². The Morgan fingerprint density at radius 2 is 1.44 bits per heavy atom. The third kappa shape index (κ3) is 17.1. The van der Waals surface area contributed by atoms with Crippen LogP contribution in [0.25, 0.3) is 10.9 Å². The number of aromatic nitrogens is 2. The van der Waals surface area contributed by atoms with Crippen LogP contribution in [0, 0.1) is 0 Å². The fourth-order valence-electron chi connectivity index (χ4n) is 7.66. The monoisotopic (exact) mass is 1080 g/mol. The average molecular weight is 1080 g/mol. The lowest BCUT2D eigenvalue weighted by Crippen LogP contribution is -2.57. The zero-order valence-electron chi connectivity index (χ0n) is 42.3. The Balaban J connectivity index is 1.56. The molecule has 4 aromatic rings. The predicted octanol–water partition coefficient (Wildman–Crippen LogP) is 9.03. The number of nitrogens with one attached hydrogen (secondary N) is 5. The van der Waals surface area contributed by atoms with E-state index in [-0.39, 0.29) is 45.4 Å². The second-order valence-electron chi connectivity index (χ2n) is 20.3. The van der Waals surface area contributed by atoms with Crippen molar-refractivity contribution >= 4 is 86.2 Å². The minimum Gasteiger partial charge on any atom is -0.444 e. The molecule has 5 rings (SSSR count). The van der Waals surface area contributed by atoms with Gasteiger partial charge in [0.25, 0.3) is 0 Å². The maximum Gasteiger partial charge on any atom is 0.419 e. The molecule has 386 valence electrons. The van der Waals surface area contributed by atoms with Crippen molar-refractivity contribution in [3.63, 3.8) is 0 Å². The van der Waals surface area contributed by atoms with Crippen molar-refractivity contribution in [3.8, 4) is 0 Å². The molecule has 0 radical (unpaired) electrons. The number of alkyl carbamates (subject to hydrolysis) is 2. The molecule has 0 fully saturated rings. The van der Waals surface area contributed by atoms with Crippen molar-refractivity contribution in [3.05, 3.63) is 87.1 Å². The van der Waals surface area contributed by atoms with E-state index >= 15 is 4.79 Å². The van der Waals surface area contributed by atoms with Crippen LogP contribution in [0.5, 0.6) is 0 Å². The van der Waals surface area contributed by atoms with Crippen LogP contribution in [0.15, 0.2) is 75.3 Å². The summed E-state index contributed by atoms with van der Waals surface area (Å²) in [5, 5.41) is 16.7. The zero-order valence-corrected chi connectivity index (χ0v) is 45.4. The maximum absolute atomic E-state index is 15.1. The van der Waals surface area contributed by atoms with E-state index in [9.17, 15) is 24.0 Å². The molecule has 0 saturated carbocycles. The number of likely N-dealkylation sites (N-methyl/N-ethyl adjacent to an activating group) is 1. The van der Waals surface area contributed by atoms with Crippen LogP contribution in [0.4, 0.5) is 14.4 Å². The summed E-state index contributed by atoms with van der Waals surface area (Å²) in [4.78, 5) is 89.9. The highest BCUT2D eigenvalue weighted by atomic mass is 79.9. The summed E-state index contributed by atoms with van der Waals surface area (Å²) >= 11 is 11.9. The Labute approximate surface area is 434 Å². The summed E-state index contributed by atoms with van der Waals surface area (Å²) in [6.45, 7) is 16.6. The summed E-state index contributed by atoms with van der Waals surface area (Å²) in [7, 11) is 1.52. The first kappa shape index (κ1) is 56.5. The van der Waals surface area contributed by atoms with Crippen LogP contribution in [0.3, 0.4) is 0 Å². The van der Waals surface area contributed by atoms with Gasteiger partial charge in [0, 0.05) is 72.4 Å². The molecule has 5 N–H and O–H groups in total. The fraction of sp³-hybridized carbons (Fsp3) is 0.510. The lowest BCUT2D eigenvalue weighted by atomic mass is 10.0. The van der Waals surface area contributed by atoms with Crippen molar-refractivity contribution in [2.45, 2.75) is 159 Å². The summed E-state index contributed by atoms with van der Waals surface area (Å²) < 4.78 is 18.6. The van der Waals surface area contributed by atoms with Gasteiger partial charge < -0.3 is 45.7 Å². The van der Waals surface area contributed by atoms with E-state index in [0.29, 0.717) is 60.7 Å². The van der Waals surface area contributed by atoms with Gasteiger partial charge >= 0.3 is 18.3 Å². The Bertz CT molecular complexity index is 2560. The van der Waals surface area contributed by atoms with E-state index in [2.05, 4.69) is 42.5 Å². The van der Waals surface area contributed by atoms with Gasteiger partial charge in [0.15, 0.2) is 0 Å². The van der Waals surface area contributed by atoms with Gasteiger partial charge in [-0.1, -0.05) is 63.6 Å². The fourth-order valence-corrected chi connectivity index (χ4v) is 9.60. The number of nitrogens with zero attached hydrogens (tertiary/aromatic N) is 3. The molecule has 71 heavy (non-hydrogen) atoms. The highest BCUT2D eigenvalue weighted by molar-refractivity contribution is 9.10. The van der Waals surface area contributed by atoms with Gasteiger partial charge in [-0.2, -0.15) is 0 Å². The summed E-state index contributed by atoms with van der Waals surface area (Å²) in [5.41, 5.74) is 0.390. The number of fused-ring (bicyclic) bond motifs is 3. The minimum atomic E-state index is -1.17. The molecule has 0 spiro atoms. The summed E-state index contributed by atoms with van der Waals surface area (Å²) in [6, 6.07) is 11.3. The number of halogens is 2. The van der Waals surface area contributed by atoms with Gasteiger partial charge in [-0.3, -0.25) is 19.0 Å². The minimum absolute atomic E-state index is 0.00510. The first-order chi connectivity index (χ1) is 33.3. The van der Waals surface area contributed by atoms with E-state index in [1.165, 1.54) is 28.3 Å². The van der Waals surface area contributed by atoms with Gasteiger partial charge in [0.2, 0.25) is 17.7 Å². The van der Waals surface area contributed by atoms with E-state index in [4.69, 9.17) is 30.8 Å². The van der Waals surface area contributed by atoms with Crippen LogP contribution < -0.4 is 26.6 Å². The lowest BCUT2D eigenvalue weighted by molar-refractivity contribution is -0.142. The third-order valence-corrected chi connectivity index (χ3v) is 13.4. The zero-order chi connectivity index (χ0) is 52.3. The van der Waals surface area contributed by atoms with Crippen LogP contribution >= 0.6 is 39.3 Å². The number of amides is 5. The Kier molecular flexibility index (Phi) is 19.8. The SMILES string of the molecule is CN1C(=O)[C@H](CCCCNC(=O)OC(C)(C)C)NC(=O)[C@H](CCCNC(=O)OC(C)(C)C)NCc2cccnc2Sc2c(Cl)ccc(Br)c2CNC(=O)[C@@H]1Cc1cn(C(=O)OC(C)(C)C)c2ccccc12. The number of pyridine rings is 1. The Morgan fingerprint density at radius 1 is 0.803 bits per heavy atom. The summed E-state index contributed by atoms with van der Waals surface area (Å²) in [5.74, 6) is -1.54. The largest absolute Gasteiger partial charge is 0.444 e. The molecular formula is C51H68BrClN8O9S. The molecule has 20 heteroatoms. The molecule has 3 atom stereocenters. The van der Waals surface area contributed by atoms with E-state index < -0.39 is 70.9 Å². The van der Waals surface area contributed by atoms with Crippen molar-refractivity contribution in [1.82, 2.24) is 41.0 Å². The number of para-hydroxylation sites is 1. The molecule has 0 bridgehead atoms. The van der Waals surface area contributed by atoms with E-state index in [1.54, 1.807) is 105 Å². The molecule has 3 heterocycles. The number of carbonyl (C=O) groups is 6. The molecule has 0 saturated heterocycles. The summed E-state index contributed by atoms with van der Waals surface area (Å²) in [6.07, 6.45) is 3.06. The molecular weight excluding hydrogens is 1020 g/mol. The standard InChI is InChI=1S/C51H68BrClN8O9S/c1-49(2,3)68-46(65)55-24-14-13-19-38-45(64)60(10)40(27-32-30-61(48(67)70-51(7,8)9)39-21-12-11-18-33(32)39)43(63)58-29-34-35(52)22-23-36(53)41(34)71-44-31(17-15-25-54-44)28-57-37(42(62)59-38)20-16-26-56-47(66)69-50(4,5)6/h11-12,15,17-18,21-23,25,30,37-38,40,57H,13-14,16,19-20,24,26-29H2,1-10H3,(H,55,65)(H,56,66)(H,58,63)(H,59,62)/t37-,38-,40-/m0/s1. The van der Waals surface area contributed by atoms with Crippen molar-refractivity contribution in [2.75, 3.05) is 20.1 Å². The van der Waals surface area contributed by atoms with Gasteiger partial charge in [-0.25, -0.2) is 19.4 Å². The van der Waals surface area contributed by atoms with Crippen LogP contribution in [-0.4, -0.2) is 106 Å². The quantitative estimate of drug-likeness (QED) is 0.0704. The smallest absolute Gasteiger partial charge is 0.419 e. The number of benzene rings is 2. The topological polar surface area (TPSA) is 211 Å². The molecule has 5 amide bonds. The van der Waals surface area contributed by atoms with E-state index in [1.807, 2.05) is 18.2 Å². The number of rotatable bonds is 11. The van der Waals surface area contributed by atoms with Gasteiger partial charge in [0.05, 0.1) is 16.6 Å². The normalized spacial score (nSPS) is 17.5. The van der Waals surface area contributed by atoms with Gasteiger partial charge in [-0.15, -0.1) is 0 Å². The van der Waals surface area contributed by atoms with Crippen LogP contribution in [0.1, 0.15) is 111 Å². The number of hydrogen-bond acceptors (Lipinski definition) is 12. The van der Waals surface area contributed by atoms with Crippen molar-refractivity contribution in [1.29, 1.82) is 0 Å². The van der Waals surface area contributed by atoms with Crippen LogP contribution in [0.2, 0.25) is 5.02 Å². The third-order valence-electron chi connectivity index (χ3n) is 11.0. The van der Waals surface area contributed by atoms with Gasteiger partial charge in [0.1, 0.15) is 33.9 Å². The Hall–Kier alpha value is -5.37. The molecule has 1 aliphatic heterocycles. The number of ether oxygens (including phenoxy) is 3.